The number of ether oxygens (including phenoxy) is 1. The average Bonchev–Trinajstić information content (AvgIpc) is 3.25. The van der Waals surface area contributed by atoms with Crippen molar-refractivity contribution in [2.45, 2.75) is 18.4 Å². The van der Waals surface area contributed by atoms with Crippen molar-refractivity contribution in [3.05, 3.63) is 65.6 Å². The van der Waals surface area contributed by atoms with Crippen molar-refractivity contribution in [1.29, 1.82) is 0 Å². The quantitative estimate of drug-likeness (QED) is 0.744. The second-order valence-corrected chi connectivity index (χ2v) is 7.62. The molecule has 1 aromatic heterocycles. The van der Waals surface area contributed by atoms with Gasteiger partial charge in [0.05, 0.1) is 5.54 Å². The summed E-state index contributed by atoms with van der Waals surface area (Å²) < 4.78 is 19.5. The van der Waals surface area contributed by atoms with Crippen LogP contribution in [-0.4, -0.2) is 42.7 Å². The average molecular weight is 365 g/mol. The van der Waals surface area contributed by atoms with E-state index < -0.39 is 0 Å². The molecule has 3 heterocycles. The number of aromatic nitrogens is 1. The summed E-state index contributed by atoms with van der Waals surface area (Å²) in [5.74, 6) is 0.733. The fourth-order valence-corrected chi connectivity index (χ4v) is 4.65. The summed E-state index contributed by atoms with van der Waals surface area (Å²) >= 11 is 0. The maximum Gasteiger partial charge on any atom is 0.125 e. The van der Waals surface area contributed by atoms with Gasteiger partial charge in [-0.2, -0.15) is 0 Å². The third-order valence-corrected chi connectivity index (χ3v) is 5.95. The van der Waals surface area contributed by atoms with Gasteiger partial charge < -0.3 is 15.0 Å². The van der Waals surface area contributed by atoms with Crippen LogP contribution in [0, 0.1) is 5.82 Å². The fourth-order valence-electron chi connectivity index (χ4n) is 4.65. The van der Waals surface area contributed by atoms with Crippen molar-refractivity contribution >= 4 is 10.9 Å². The number of nitrogens with one attached hydrogen (secondary N) is 2. The summed E-state index contributed by atoms with van der Waals surface area (Å²) in [6.07, 6.45) is 2.04. The Hall–Kier alpha value is -2.37. The van der Waals surface area contributed by atoms with Crippen LogP contribution < -0.4 is 10.1 Å². The predicted molar refractivity (Wildman–Crippen MR) is 105 cm³/mol. The molecule has 1 saturated heterocycles. The van der Waals surface area contributed by atoms with E-state index in [9.17, 15) is 4.39 Å². The molecule has 140 valence electrons. The molecule has 0 amide bonds. The highest BCUT2D eigenvalue weighted by Gasteiger charge is 2.43. The van der Waals surface area contributed by atoms with Crippen LogP contribution in [-0.2, 0) is 12.0 Å². The lowest BCUT2D eigenvalue weighted by Crippen LogP contribution is -2.49. The van der Waals surface area contributed by atoms with Gasteiger partial charge in [0, 0.05) is 42.8 Å². The van der Waals surface area contributed by atoms with Gasteiger partial charge in [-0.1, -0.05) is 18.2 Å². The molecule has 2 aromatic carbocycles. The summed E-state index contributed by atoms with van der Waals surface area (Å²) in [5, 5.41) is 4.92. The van der Waals surface area contributed by atoms with E-state index in [0.29, 0.717) is 6.61 Å². The second-order valence-electron chi connectivity index (χ2n) is 7.62. The summed E-state index contributed by atoms with van der Waals surface area (Å²) in [5.41, 5.74) is 3.46. The van der Waals surface area contributed by atoms with Crippen LogP contribution in [0.3, 0.4) is 0 Å². The highest BCUT2D eigenvalue weighted by Crippen LogP contribution is 2.39. The number of hydrogen-bond acceptors (Lipinski definition) is 3. The first kappa shape index (κ1) is 16.8. The van der Waals surface area contributed by atoms with E-state index >= 15 is 0 Å². The van der Waals surface area contributed by atoms with Crippen LogP contribution in [0.5, 0.6) is 5.75 Å². The van der Waals surface area contributed by atoms with Gasteiger partial charge in [0.1, 0.15) is 18.2 Å². The van der Waals surface area contributed by atoms with Crippen molar-refractivity contribution in [2.75, 3.05) is 32.8 Å². The predicted octanol–water partition coefficient (Wildman–Crippen LogP) is 3.43. The van der Waals surface area contributed by atoms with Crippen LogP contribution in [0.1, 0.15) is 17.7 Å². The molecule has 1 unspecified atom stereocenters. The lowest BCUT2D eigenvalue weighted by Gasteiger charge is -2.35. The molecule has 3 aromatic rings. The Morgan fingerprint density at radius 2 is 2.04 bits per heavy atom. The van der Waals surface area contributed by atoms with Gasteiger partial charge in [-0.15, -0.1) is 0 Å². The van der Waals surface area contributed by atoms with E-state index in [1.165, 1.54) is 11.3 Å². The van der Waals surface area contributed by atoms with Gasteiger partial charge >= 0.3 is 0 Å². The zero-order valence-electron chi connectivity index (χ0n) is 15.3. The van der Waals surface area contributed by atoms with E-state index in [4.69, 9.17) is 4.74 Å². The van der Waals surface area contributed by atoms with Crippen molar-refractivity contribution in [3.63, 3.8) is 0 Å². The Bertz CT molecular complexity index is 955. The maximum atomic E-state index is 13.7. The van der Waals surface area contributed by atoms with Gasteiger partial charge in [-0.3, -0.25) is 4.90 Å². The standard InChI is InChI=1S/C22H24FN3O/c23-16-6-7-18-19-8-10-24-22(21(19)25-20(18)14-16)9-11-26(15-22)12-13-27-17-4-2-1-3-5-17/h1-7,14,24-25H,8-13,15H2. The maximum absolute atomic E-state index is 13.7. The number of benzene rings is 2. The first-order valence-electron chi connectivity index (χ1n) is 9.69. The van der Waals surface area contributed by atoms with Crippen molar-refractivity contribution in [1.82, 2.24) is 15.2 Å². The van der Waals surface area contributed by atoms with Crippen LogP contribution in [0.15, 0.2) is 48.5 Å². The third-order valence-electron chi connectivity index (χ3n) is 5.95. The van der Waals surface area contributed by atoms with Crippen LogP contribution >= 0.6 is 0 Å². The van der Waals surface area contributed by atoms with Crippen LogP contribution in [0.4, 0.5) is 4.39 Å². The molecule has 2 aliphatic rings. The molecule has 27 heavy (non-hydrogen) atoms. The zero-order valence-corrected chi connectivity index (χ0v) is 15.3. The number of rotatable bonds is 4. The molecule has 0 aliphatic carbocycles. The number of likely N-dealkylation sites (tertiary alicyclic amines) is 1. The third kappa shape index (κ3) is 3.01. The summed E-state index contributed by atoms with van der Waals surface area (Å²) in [4.78, 5) is 5.99. The summed E-state index contributed by atoms with van der Waals surface area (Å²) in [7, 11) is 0. The molecule has 0 radical (unpaired) electrons. The monoisotopic (exact) mass is 365 g/mol. The first-order chi connectivity index (χ1) is 13.2. The van der Waals surface area contributed by atoms with Gasteiger partial charge in [0.25, 0.3) is 0 Å². The largest absolute Gasteiger partial charge is 0.492 e. The van der Waals surface area contributed by atoms with E-state index in [0.717, 1.165) is 55.7 Å². The van der Waals surface area contributed by atoms with Gasteiger partial charge in [0.15, 0.2) is 0 Å². The Balaban J connectivity index is 1.32. The smallest absolute Gasteiger partial charge is 0.125 e. The molecule has 1 fully saturated rings. The minimum atomic E-state index is -0.186. The normalized spacial score (nSPS) is 22.4. The number of nitrogens with zero attached hydrogens (tertiary/aromatic N) is 1. The molecule has 5 heteroatoms. The first-order valence-corrected chi connectivity index (χ1v) is 9.69. The van der Waals surface area contributed by atoms with Crippen molar-refractivity contribution < 1.29 is 9.13 Å². The summed E-state index contributed by atoms with van der Waals surface area (Å²) in [6.45, 7) is 4.54. The van der Waals surface area contributed by atoms with E-state index in [-0.39, 0.29) is 11.4 Å². The molecule has 0 saturated carbocycles. The van der Waals surface area contributed by atoms with E-state index in [2.05, 4.69) is 15.2 Å². The Morgan fingerprint density at radius 1 is 1.15 bits per heavy atom. The zero-order chi connectivity index (χ0) is 18.3. The molecule has 0 bridgehead atoms. The molecule has 2 N–H and O–H groups in total. The lowest BCUT2D eigenvalue weighted by atomic mass is 9.86. The molecular weight excluding hydrogens is 341 g/mol. The highest BCUT2D eigenvalue weighted by atomic mass is 19.1. The fraction of sp³-hybridized carbons (Fsp3) is 0.364. The lowest BCUT2D eigenvalue weighted by molar-refractivity contribution is 0.218. The SMILES string of the molecule is Fc1ccc2c3c([nH]c2c1)C1(CCN(CCOc2ccccc2)C1)NCC3. The number of aromatic amines is 1. The number of hydrogen-bond donors (Lipinski definition) is 2. The Kier molecular flexibility index (Phi) is 4.14. The van der Waals surface area contributed by atoms with Crippen LogP contribution in [0.25, 0.3) is 10.9 Å². The Labute approximate surface area is 158 Å². The van der Waals surface area contributed by atoms with E-state index in [1.807, 2.05) is 36.4 Å². The Morgan fingerprint density at radius 3 is 2.93 bits per heavy atom. The molecule has 5 rings (SSSR count). The van der Waals surface area contributed by atoms with E-state index in [1.54, 1.807) is 12.1 Å². The molecular formula is C22H24FN3O. The number of para-hydroxylation sites is 1. The van der Waals surface area contributed by atoms with Gasteiger partial charge in [-0.25, -0.2) is 4.39 Å². The number of halogens is 1. The minimum Gasteiger partial charge on any atom is -0.492 e. The minimum absolute atomic E-state index is 0.0597. The van der Waals surface area contributed by atoms with Crippen molar-refractivity contribution in [2.24, 2.45) is 0 Å². The van der Waals surface area contributed by atoms with Crippen LogP contribution in [0.2, 0.25) is 0 Å². The molecule has 1 spiro atoms. The molecule has 2 aliphatic heterocycles. The number of H-pyrrole nitrogens is 1. The highest BCUT2D eigenvalue weighted by molar-refractivity contribution is 5.85. The summed E-state index contributed by atoms with van der Waals surface area (Å²) in [6, 6.07) is 15.1. The number of fused-ring (bicyclic) bond motifs is 4. The van der Waals surface area contributed by atoms with Gasteiger partial charge in [0.2, 0.25) is 0 Å². The molecule has 4 nitrogen and oxygen atoms in total. The second kappa shape index (κ2) is 6.66. The topological polar surface area (TPSA) is 40.3 Å². The van der Waals surface area contributed by atoms with Gasteiger partial charge in [-0.05, 0) is 48.7 Å². The molecule has 1 atom stereocenters. The van der Waals surface area contributed by atoms with Crippen molar-refractivity contribution in [3.8, 4) is 5.75 Å².